The zero-order valence-electron chi connectivity index (χ0n) is 10.8. The first-order valence-corrected chi connectivity index (χ1v) is 6.27. The minimum absolute atomic E-state index is 0.182. The lowest BCUT2D eigenvalue weighted by Gasteiger charge is -2.26. The molecule has 0 unspecified atom stereocenters. The van der Waals surface area contributed by atoms with Crippen LogP contribution in [-0.4, -0.2) is 26.4 Å². The number of hydrogen-bond acceptors (Lipinski definition) is 3. The van der Waals surface area contributed by atoms with Gasteiger partial charge in [0.1, 0.15) is 11.6 Å². The fourth-order valence-corrected chi connectivity index (χ4v) is 2.20. The minimum Gasteiger partial charge on any atom is -0.496 e. The molecule has 0 spiro atoms. The van der Waals surface area contributed by atoms with Crippen LogP contribution in [0.3, 0.4) is 0 Å². The van der Waals surface area contributed by atoms with Gasteiger partial charge in [-0.3, -0.25) is 0 Å². The van der Waals surface area contributed by atoms with Crippen LogP contribution in [0.25, 0.3) is 0 Å². The summed E-state index contributed by atoms with van der Waals surface area (Å²) in [6.07, 6.45) is 1.78. The number of hydrogen-bond donors (Lipinski definition) is 0. The van der Waals surface area contributed by atoms with Crippen LogP contribution in [0.15, 0.2) is 18.2 Å². The molecule has 0 radical (unpaired) electrons. The fourth-order valence-electron chi connectivity index (χ4n) is 2.20. The van der Waals surface area contributed by atoms with Crippen LogP contribution >= 0.6 is 0 Å². The minimum atomic E-state index is -0.270. The number of benzene rings is 1. The summed E-state index contributed by atoms with van der Waals surface area (Å²) in [7, 11) is 1.58. The molecule has 4 heteroatoms. The van der Waals surface area contributed by atoms with E-state index in [-0.39, 0.29) is 18.0 Å². The van der Waals surface area contributed by atoms with Crippen LogP contribution in [0.1, 0.15) is 31.4 Å². The third-order valence-electron chi connectivity index (χ3n) is 3.19. The summed E-state index contributed by atoms with van der Waals surface area (Å²) >= 11 is 0. The van der Waals surface area contributed by atoms with Gasteiger partial charge in [-0.05, 0) is 38.0 Å². The second-order valence-corrected chi connectivity index (χ2v) is 4.48. The highest BCUT2D eigenvalue weighted by Crippen LogP contribution is 2.30. The molecule has 1 atom stereocenters. The van der Waals surface area contributed by atoms with Crippen molar-refractivity contribution in [2.24, 2.45) is 0 Å². The summed E-state index contributed by atoms with van der Waals surface area (Å²) in [6.45, 7) is 3.39. The molecule has 2 rings (SSSR count). The Bertz CT molecular complexity index is 389. The Morgan fingerprint density at radius 2 is 2.06 bits per heavy atom. The number of halogens is 1. The third kappa shape index (κ3) is 3.21. The first kappa shape index (κ1) is 13.3. The molecule has 0 aliphatic carbocycles. The van der Waals surface area contributed by atoms with Gasteiger partial charge in [0.2, 0.25) is 0 Å². The number of ether oxygens (including phenoxy) is 3. The fraction of sp³-hybridized carbons (Fsp3) is 0.571. The standard InChI is InChI=1S/C14H19FO3/c1-10(18-12-5-7-17-8-6-12)13-9-11(15)3-4-14(13)16-2/h3-4,9-10,12H,5-8H2,1-2H3/t10-/m1/s1. The van der Waals surface area contributed by atoms with Gasteiger partial charge in [-0.25, -0.2) is 4.39 Å². The van der Waals surface area contributed by atoms with E-state index in [4.69, 9.17) is 14.2 Å². The monoisotopic (exact) mass is 254 g/mol. The maximum atomic E-state index is 13.3. The van der Waals surface area contributed by atoms with E-state index in [0.717, 1.165) is 31.6 Å². The van der Waals surface area contributed by atoms with Crippen molar-refractivity contribution >= 4 is 0 Å². The summed E-state index contributed by atoms with van der Waals surface area (Å²) < 4.78 is 29.8. The van der Waals surface area contributed by atoms with E-state index in [0.29, 0.717) is 5.75 Å². The Hall–Kier alpha value is -1.13. The van der Waals surface area contributed by atoms with E-state index in [1.165, 1.54) is 12.1 Å². The summed E-state index contributed by atoms with van der Waals surface area (Å²) in [5.74, 6) is 0.393. The maximum Gasteiger partial charge on any atom is 0.124 e. The van der Waals surface area contributed by atoms with E-state index in [2.05, 4.69) is 0 Å². The predicted octanol–water partition coefficient (Wildman–Crippen LogP) is 3.09. The average molecular weight is 254 g/mol. The largest absolute Gasteiger partial charge is 0.496 e. The van der Waals surface area contributed by atoms with Gasteiger partial charge in [0, 0.05) is 18.8 Å². The molecule has 1 saturated heterocycles. The summed E-state index contributed by atoms with van der Waals surface area (Å²) in [4.78, 5) is 0. The molecular formula is C14H19FO3. The summed E-state index contributed by atoms with van der Waals surface area (Å²) in [6, 6.07) is 4.50. The van der Waals surface area contributed by atoms with Crippen LogP contribution in [0.2, 0.25) is 0 Å². The average Bonchev–Trinajstić information content (AvgIpc) is 2.40. The molecule has 18 heavy (non-hydrogen) atoms. The predicted molar refractivity (Wildman–Crippen MR) is 66.3 cm³/mol. The Kier molecular flexibility index (Phi) is 4.55. The molecule has 0 N–H and O–H groups in total. The van der Waals surface area contributed by atoms with Crippen molar-refractivity contribution in [2.75, 3.05) is 20.3 Å². The van der Waals surface area contributed by atoms with Gasteiger partial charge in [-0.1, -0.05) is 0 Å². The van der Waals surface area contributed by atoms with Crippen molar-refractivity contribution in [1.29, 1.82) is 0 Å². The van der Waals surface area contributed by atoms with E-state index < -0.39 is 0 Å². The van der Waals surface area contributed by atoms with E-state index >= 15 is 0 Å². The maximum absolute atomic E-state index is 13.3. The van der Waals surface area contributed by atoms with Gasteiger partial charge in [0.25, 0.3) is 0 Å². The van der Waals surface area contributed by atoms with Crippen LogP contribution in [0.4, 0.5) is 4.39 Å². The van der Waals surface area contributed by atoms with Crippen molar-refractivity contribution in [1.82, 2.24) is 0 Å². The molecule has 1 fully saturated rings. The van der Waals surface area contributed by atoms with Crippen molar-refractivity contribution in [3.8, 4) is 5.75 Å². The summed E-state index contributed by atoms with van der Waals surface area (Å²) in [5, 5.41) is 0. The van der Waals surface area contributed by atoms with E-state index in [9.17, 15) is 4.39 Å². The zero-order chi connectivity index (χ0) is 13.0. The number of methoxy groups -OCH3 is 1. The summed E-state index contributed by atoms with van der Waals surface area (Å²) in [5.41, 5.74) is 0.754. The quantitative estimate of drug-likeness (QED) is 0.826. The second-order valence-electron chi connectivity index (χ2n) is 4.48. The highest BCUT2D eigenvalue weighted by atomic mass is 19.1. The molecule has 1 aromatic rings. The van der Waals surface area contributed by atoms with Crippen molar-refractivity contribution in [3.63, 3.8) is 0 Å². The van der Waals surface area contributed by atoms with Crippen LogP contribution in [0, 0.1) is 5.82 Å². The Morgan fingerprint density at radius 1 is 1.33 bits per heavy atom. The first-order chi connectivity index (χ1) is 8.70. The van der Waals surface area contributed by atoms with Gasteiger partial charge in [0.15, 0.2) is 0 Å². The smallest absolute Gasteiger partial charge is 0.124 e. The normalized spacial score (nSPS) is 18.6. The molecule has 0 aromatic heterocycles. The van der Waals surface area contributed by atoms with Crippen molar-refractivity contribution in [2.45, 2.75) is 32.0 Å². The highest BCUT2D eigenvalue weighted by molar-refractivity contribution is 5.35. The molecule has 1 heterocycles. The zero-order valence-corrected chi connectivity index (χ0v) is 10.8. The highest BCUT2D eigenvalue weighted by Gasteiger charge is 2.20. The third-order valence-corrected chi connectivity index (χ3v) is 3.19. The molecular weight excluding hydrogens is 235 g/mol. The van der Waals surface area contributed by atoms with E-state index in [1.807, 2.05) is 6.92 Å². The van der Waals surface area contributed by atoms with Crippen LogP contribution in [-0.2, 0) is 9.47 Å². The lowest BCUT2D eigenvalue weighted by molar-refractivity contribution is -0.0641. The molecule has 0 saturated carbocycles. The molecule has 0 amide bonds. The second kappa shape index (κ2) is 6.16. The molecule has 1 aliphatic heterocycles. The molecule has 1 aliphatic rings. The SMILES string of the molecule is COc1ccc(F)cc1[C@@H](C)OC1CCOCC1. The Labute approximate surface area is 107 Å². The molecule has 0 bridgehead atoms. The molecule has 1 aromatic carbocycles. The van der Waals surface area contributed by atoms with Gasteiger partial charge in [-0.15, -0.1) is 0 Å². The van der Waals surface area contributed by atoms with Gasteiger partial charge in [0.05, 0.1) is 19.3 Å². The van der Waals surface area contributed by atoms with E-state index in [1.54, 1.807) is 13.2 Å². The van der Waals surface area contributed by atoms with Crippen LogP contribution < -0.4 is 4.74 Å². The molecule has 100 valence electrons. The Balaban J connectivity index is 2.07. The molecule has 3 nitrogen and oxygen atoms in total. The van der Waals surface area contributed by atoms with Gasteiger partial charge < -0.3 is 14.2 Å². The number of rotatable bonds is 4. The lowest BCUT2D eigenvalue weighted by Crippen LogP contribution is -2.24. The van der Waals surface area contributed by atoms with Gasteiger partial charge in [-0.2, -0.15) is 0 Å². The lowest BCUT2D eigenvalue weighted by atomic mass is 10.1. The van der Waals surface area contributed by atoms with Gasteiger partial charge >= 0.3 is 0 Å². The topological polar surface area (TPSA) is 27.7 Å². The van der Waals surface area contributed by atoms with Crippen molar-refractivity contribution < 1.29 is 18.6 Å². The van der Waals surface area contributed by atoms with Crippen molar-refractivity contribution in [3.05, 3.63) is 29.6 Å². The first-order valence-electron chi connectivity index (χ1n) is 6.27. The Morgan fingerprint density at radius 3 is 2.72 bits per heavy atom. The van der Waals surface area contributed by atoms with Crippen LogP contribution in [0.5, 0.6) is 5.75 Å².